The SMILES string of the molecule is CC[C@@H]1S[C@@H](C)C/C(=N/NC(N)=S)[C@@H]1C. The molecule has 3 atom stereocenters. The second-order valence-electron chi connectivity index (χ2n) is 3.97. The van der Waals surface area contributed by atoms with Gasteiger partial charge in [0.1, 0.15) is 0 Å². The summed E-state index contributed by atoms with van der Waals surface area (Å²) < 4.78 is 0. The van der Waals surface area contributed by atoms with Crippen LogP contribution in [0.3, 0.4) is 0 Å². The Bertz CT molecular complexity index is 265. The first-order valence-corrected chi connectivity index (χ1v) is 6.67. The van der Waals surface area contributed by atoms with E-state index in [0.29, 0.717) is 16.4 Å². The molecule has 1 saturated heterocycles. The fourth-order valence-corrected chi connectivity index (χ4v) is 3.38. The molecule has 15 heavy (non-hydrogen) atoms. The van der Waals surface area contributed by atoms with Crippen LogP contribution in [0.4, 0.5) is 0 Å². The van der Waals surface area contributed by atoms with Crippen molar-refractivity contribution in [2.45, 2.75) is 44.1 Å². The highest BCUT2D eigenvalue weighted by molar-refractivity contribution is 8.00. The van der Waals surface area contributed by atoms with E-state index in [1.54, 1.807) is 0 Å². The first-order chi connectivity index (χ1) is 7.04. The number of hydrazone groups is 1. The molecule has 86 valence electrons. The number of nitrogens with one attached hydrogen (secondary N) is 1. The van der Waals surface area contributed by atoms with Crippen molar-refractivity contribution < 1.29 is 0 Å². The predicted molar refractivity (Wildman–Crippen MR) is 72.3 cm³/mol. The normalized spacial score (nSPS) is 34.1. The molecule has 0 spiro atoms. The van der Waals surface area contributed by atoms with Gasteiger partial charge in [0.2, 0.25) is 0 Å². The lowest BCUT2D eigenvalue weighted by Crippen LogP contribution is -2.35. The number of hydrogen-bond acceptors (Lipinski definition) is 3. The summed E-state index contributed by atoms with van der Waals surface area (Å²) in [5.74, 6) is 0.512. The van der Waals surface area contributed by atoms with Crippen molar-refractivity contribution in [2.24, 2.45) is 16.8 Å². The minimum Gasteiger partial charge on any atom is -0.375 e. The Labute approximate surface area is 101 Å². The number of thioether (sulfide) groups is 1. The Kier molecular flexibility index (Phi) is 4.86. The minimum atomic E-state index is 0.244. The molecule has 3 nitrogen and oxygen atoms in total. The van der Waals surface area contributed by atoms with E-state index >= 15 is 0 Å². The third kappa shape index (κ3) is 3.65. The molecular formula is C10H19N3S2. The topological polar surface area (TPSA) is 50.4 Å². The van der Waals surface area contributed by atoms with Gasteiger partial charge < -0.3 is 5.73 Å². The summed E-state index contributed by atoms with van der Waals surface area (Å²) in [6.45, 7) is 6.70. The third-order valence-corrected chi connectivity index (χ3v) is 4.51. The Hall–Kier alpha value is -0.290. The quantitative estimate of drug-likeness (QED) is 0.578. The van der Waals surface area contributed by atoms with E-state index in [1.165, 1.54) is 12.1 Å². The largest absolute Gasteiger partial charge is 0.375 e. The van der Waals surface area contributed by atoms with Gasteiger partial charge in [0.05, 0.1) is 0 Å². The van der Waals surface area contributed by atoms with Crippen LogP contribution in [0.1, 0.15) is 33.6 Å². The van der Waals surface area contributed by atoms with Gasteiger partial charge >= 0.3 is 0 Å². The van der Waals surface area contributed by atoms with E-state index in [-0.39, 0.29) is 5.11 Å². The van der Waals surface area contributed by atoms with Crippen molar-refractivity contribution in [1.82, 2.24) is 5.43 Å². The van der Waals surface area contributed by atoms with E-state index in [1.807, 2.05) is 0 Å². The van der Waals surface area contributed by atoms with Gasteiger partial charge in [-0.15, -0.1) is 0 Å². The fourth-order valence-electron chi connectivity index (χ4n) is 1.88. The lowest BCUT2D eigenvalue weighted by Gasteiger charge is -2.32. The molecule has 0 aromatic rings. The summed E-state index contributed by atoms with van der Waals surface area (Å²) in [6, 6.07) is 0. The Morgan fingerprint density at radius 2 is 2.33 bits per heavy atom. The monoisotopic (exact) mass is 245 g/mol. The second-order valence-corrected chi connectivity index (χ2v) is 6.09. The van der Waals surface area contributed by atoms with E-state index in [4.69, 9.17) is 18.0 Å². The molecule has 0 saturated carbocycles. The summed E-state index contributed by atoms with van der Waals surface area (Å²) in [4.78, 5) is 0. The van der Waals surface area contributed by atoms with Gasteiger partial charge in [-0.2, -0.15) is 16.9 Å². The van der Waals surface area contributed by atoms with Crippen molar-refractivity contribution >= 4 is 34.8 Å². The maximum Gasteiger partial charge on any atom is 0.184 e. The molecule has 3 N–H and O–H groups in total. The van der Waals surface area contributed by atoms with Crippen molar-refractivity contribution in [3.05, 3.63) is 0 Å². The van der Waals surface area contributed by atoms with Gasteiger partial charge in [0.25, 0.3) is 0 Å². The van der Waals surface area contributed by atoms with Crippen LogP contribution in [0, 0.1) is 5.92 Å². The summed E-state index contributed by atoms with van der Waals surface area (Å²) in [5.41, 5.74) is 9.26. The molecule has 1 heterocycles. The van der Waals surface area contributed by atoms with Gasteiger partial charge in [-0.3, -0.25) is 5.43 Å². The number of thiocarbonyl (C=S) groups is 1. The van der Waals surface area contributed by atoms with Crippen molar-refractivity contribution in [3.63, 3.8) is 0 Å². The zero-order valence-corrected chi connectivity index (χ0v) is 11.1. The van der Waals surface area contributed by atoms with Crippen molar-refractivity contribution in [1.29, 1.82) is 0 Å². The average molecular weight is 245 g/mol. The molecule has 0 aliphatic carbocycles. The number of nitrogens with zero attached hydrogens (tertiary/aromatic N) is 1. The average Bonchev–Trinajstić information content (AvgIpc) is 2.18. The zero-order valence-electron chi connectivity index (χ0n) is 9.49. The van der Waals surface area contributed by atoms with Crippen LogP contribution in [0.2, 0.25) is 0 Å². The number of hydrogen-bond donors (Lipinski definition) is 2. The Balaban J connectivity index is 2.69. The molecule has 0 aromatic heterocycles. The van der Waals surface area contributed by atoms with Crippen LogP contribution >= 0.6 is 24.0 Å². The molecule has 0 unspecified atom stereocenters. The first-order valence-electron chi connectivity index (χ1n) is 5.32. The second kappa shape index (κ2) is 5.70. The molecule has 0 bridgehead atoms. The lowest BCUT2D eigenvalue weighted by atomic mass is 9.95. The van der Waals surface area contributed by atoms with Crippen LogP contribution in [-0.4, -0.2) is 21.3 Å². The van der Waals surface area contributed by atoms with Gasteiger partial charge in [-0.1, -0.05) is 20.8 Å². The first kappa shape index (κ1) is 12.8. The molecule has 1 rings (SSSR count). The molecule has 1 fully saturated rings. The van der Waals surface area contributed by atoms with Crippen LogP contribution in [-0.2, 0) is 0 Å². The molecular weight excluding hydrogens is 226 g/mol. The third-order valence-electron chi connectivity index (χ3n) is 2.70. The smallest absolute Gasteiger partial charge is 0.184 e. The highest BCUT2D eigenvalue weighted by Crippen LogP contribution is 2.35. The van der Waals surface area contributed by atoms with Gasteiger partial charge in [-0.05, 0) is 25.1 Å². The van der Waals surface area contributed by atoms with Gasteiger partial charge in [0, 0.05) is 22.1 Å². The van der Waals surface area contributed by atoms with E-state index < -0.39 is 0 Å². The van der Waals surface area contributed by atoms with Crippen LogP contribution in [0.25, 0.3) is 0 Å². The molecule has 0 radical (unpaired) electrons. The van der Waals surface area contributed by atoms with Crippen molar-refractivity contribution in [3.8, 4) is 0 Å². The summed E-state index contributed by atoms with van der Waals surface area (Å²) in [6.07, 6.45) is 2.21. The Morgan fingerprint density at radius 1 is 1.67 bits per heavy atom. The van der Waals surface area contributed by atoms with Crippen LogP contribution in [0.5, 0.6) is 0 Å². The highest BCUT2D eigenvalue weighted by Gasteiger charge is 2.29. The number of rotatable bonds is 2. The summed E-state index contributed by atoms with van der Waals surface area (Å²) in [5, 5.41) is 5.85. The highest BCUT2D eigenvalue weighted by atomic mass is 32.2. The summed E-state index contributed by atoms with van der Waals surface area (Å²) in [7, 11) is 0. The Morgan fingerprint density at radius 3 is 2.87 bits per heavy atom. The standard InChI is InChI=1S/C10H19N3S2/c1-4-9-7(3)8(5-6(2)15-9)12-13-10(11)14/h6-7,9H,4-5H2,1-3H3,(H3,11,13,14)/b12-8-/t6-,7-,9-/m0/s1. The van der Waals surface area contributed by atoms with E-state index in [0.717, 1.165) is 6.42 Å². The maximum absolute atomic E-state index is 5.36. The fraction of sp³-hybridized carbons (Fsp3) is 0.800. The van der Waals surface area contributed by atoms with Crippen LogP contribution < -0.4 is 11.2 Å². The van der Waals surface area contributed by atoms with Gasteiger partial charge in [0.15, 0.2) is 5.11 Å². The zero-order chi connectivity index (χ0) is 11.4. The van der Waals surface area contributed by atoms with Crippen LogP contribution in [0.15, 0.2) is 5.10 Å². The van der Waals surface area contributed by atoms with Gasteiger partial charge in [-0.25, -0.2) is 0 Å². The minimum absolute atomic E-state index is 0.244. The van der Waals surface area contributed by atoms with E-state index in [2.05, 4.69) is 43.1 Å². The molecule has 0 amide bonds. The van der Waals surface area contributed by atoms with E-state index in [9.17, 15) is 0 Å². The molecule has 1 aliphatic rings. The predicted octanol–water partition coefficient (Wildman–Crippen LogP) is 2.12. The lowest BCUT2D eigenvalue weighted by molar-refractivity contribution is 0.645. The summed E-state index contributed by atoms with van der Waals surface area (Å²) >= 11 is 6.80. The molecule has 5 heteroatoms. The number of nitrogens with two attached hydrogens (primary N) is 1. The maximum atomic E-state index is 5.36. The molecule has 1 aliphatic heterocycles. The van der Waals surface area contributed by atoms with Crippen molar-refractivity contribution in [2.75, 3.05) is 0 Å². The molecule has 0 aromatic carbocycles.